The zero-order valence-electron chi connectivity index (χ0n) is 23.2. The van der Waals surface area contributed by atoms with Gasteiger partial charge in [-0.05, 0) is 43.4 Å². The maximum atomic E-state index is 13.2. The highest BCUT2D eigenvalue weighted by molar-refractivity contribution is 7.89. The van der Waals surface area contributed by atoms with Crippen LogP contribution in [0.5, 0.6) is 0 Å². The molecule has 0 aliphatic heterocycles. The number of rotatable bonds is 16. The number of sulfonamides is 1. The van der Waals surface area contributed by atoms with Crippen molar-refractivity contribution in [2.45, 2.75) is 77.0 Å². The fraction of sp³-hybridized carbons (Fsp3) is 0.630. The molecule has 1 aliphatic carbocycles. The fourth-order valence-electron chi connectivity index (χ4n) is 4.47. The number of nitrogens with zero attached hydrogens (tertiary/aromatic N) is 1. The topological polar surface area (TPSA) is 151 Å². The van der Waals surface area contributed by atoms with Gasteiger partial charge in [-0.2, -0.15) is 0 Å². The molecule has 11 nitrogen and oxygen atoms in total. The lowest BCUT2D eigenvalue weighted by Gasteiger charge is -2.27. The molecule has 224 valence electrons. The van der Waals surface area contributed by atoms with E-state index in [1.807, 2.05) is 0 Å². The lowest BCUT2D eigenvalue weighted by atomic mass is 9.84. The van der Waals surface area contributed by atoms with Crippen LogP contribution in [0.2, 0.25) is 5.02 Å². The van der Waals surface area contributed by atoms with E-state index in [-0.39, 0.29) is 50.1 Å². The second-order valence-electron chi connectivity index (χ2n) is 10.0. The zero-order valence-corrected chi connectivity index (χ0v) is 24.8. The van der Waals surface area contributed by atoms with E-state index in [0.29, 0.717) is 23.3 Å². The molecule has 40 heavy (non-hydrogen) atoms. The summed E-state index contributed by atoms with van der Waals surface area (Å²) in [5, 5.41) is 5.81. The Kier molecular flexibility index (Phi) is 14.4. The van der Waals surface area contributed by atoms with E-state index in [4.69, 9.17) is 16.3 Å². The number of alkyl carbamates (subject to hydrolysis) is 1. The molecule has 13 heteroatoms. The number of carbonyl (C=O) groups is 4. The van der Waals surface area contributed by atoms with Crippen molar-refractivity contribution in [1.82, 2.24) is 20.3 Å². The van der Waals surface area contributed by atoms with Crippen LogP contribution in [0, 0.1) is 5.92 Å². The third-order valence-corrected chi connectivity index (χ3v) is 8.54. The molecule has 0 bridgehead atoms. The largest absolute Gasteiger partial charge is 0.445 e. The quantitative estimate of drug-likeness (QED) is 0.247. The maximum Gasteiger partial charge on any atom is 0.408 e. The van der Waals surface area contributed by atoms with Gasteiger partial charge in [0.15, 0.2) is 0 Å². The standard InChI is InChI=1S/C27H41ClN4O7S/c1-3-40(37,38)29-14-15-32(2)25(34)13-12-23(18-33)30-26(35)24(17-20-8-5-4-6-9-20)31-27(36)39-19-21-10-7-11-22(28)16-21/h7,10-11,16,18,20,23-24,29H,3-6,8-9,12-15,17,19H2,1-2H3,(H,30,35)(H,31,36)/t23-,24-/m1/s1. The molecule has 2 atom stereocenters. The summed E-state index contributed by atoms with van der Waals surface area (Å²) in [6.45, 7) is 1.75. The Labute approximate surface area is 241 Å². The van der Waals surface area contributed by atoms with E-state index in [1.54, 1.807) is 24.3 Å². The highest BCUT2D eigenvalue weighted by Gasteiger charge is 2.28. The van der Waals surface area contributed by atoms with Gasteiger partial charge in [0.2, 0.25) is 21.8 Å². The van der Waals surface area contributed by atoms with Crippen LogP contribution in [0.25, 0.3) is 0 Å². The van der Waals surface area contributed by atoms with Crippen molar-refractivity contribution in [3.8, 4) is 0 Å². The summed E-state index contributed by atoms with van der Waals surface area (Å²) in [6.07, 6.45) is 5.43. The first-order chi connectivity index (χ1) is 19.0. The third-order valence-electron chi connectivity index (χ3n) is 6.90. The van der Waals surface area contributed by atoms with Crippen LogP contribution in [0.4, 0.5) is 4.79 Å². The molecule has 3 amide bonds. The Hall–Kier alpha value is -2.70. The summed E-state index contributed by atoms with van der Waals surface area (Å²) in [4.78, 5) is 51.3. The average Bonchev–Trinajstić information content (AvgIpc) is 2.94. The zero-order chi connectivity index (χ0) is 29.5. The summed E-state index contributed by atoms with van der Waals surface area (Å²) in [6, 6.07) is 5.07. The van der Waals surface area contributed by atoms with Gasteiger partial charge in [0.05, 0.1) is 11.8 Å². The van der Waals surface area contributed by atoms with E-state index in [9.17, 15) is 27.6 Å². The van der Waals surface area contributed by atoms with Crippen LogP contribution in [0.1, 0.15) is 63.9 Å². The molecule has 0 unspecified atom stereocenters. The van der Waals surface area contributed by atoms with E-state index >= 15 is 0 Å². The van der Waals surface area contributed by atoms with Crippen molar-refractivity contribution in [3.05, 3.63) is 34.9 Å². The van der Waals surface area contributed by atoms with Crippen molar-refractivity contribution in [2.24, 2.45) is 5.92 Å². The number of aldehydes is 1. The van der Waals surface area contributed by atoms with Gasteiger partial charge in [0.1, 0.15) is 18.9 Å². The van der Waals surface area contributed by atoms with Crippen molar-refractivity contribution >= 4 is 45.8 Å². The van der Waals surface area contributed by atoms with Crippen LogP contribution in [0.15, 0.2) is 24.3 Å². The van der Waals surface area contributed by atoms with Gasteiger partial charge in [-0.15, -0.1) is 0 Å². The molecule has 1 aromatic carbocycles. The Morgan fingerprint density at radius 1 is 1.18 bits per heavy atom. The highest BCUT2D eigenvalue weighted by atomic mass is 35.5. The van der Waals surface area contributed by atoms with E-state index in [1.165, 1.54) is 18.9 Å². The molecule has 0 aromatic heterocycles. The molecule has 1 saturated carbocycles. The molecular formula is C27H41ClN4O7S. The molecule has 1 fully saturated rings. The molecule has 3 N–H and O–H groups in total. The second kappa shape index (κ2) is 17.2. The number of amides is 3. The Morgan fingerprint density at radius 2 is 1.90 bits per heavy atom. The molecule has 1 aromatic rings. The van der Waals surface area contributed by atoms with Crippen molar-refractivity contribution in [2.75, 3.05) is 25.9 Å². The summed E-state index contributed by atoms with van der Waals surface area (Å²) in [7, 11) is -1.82. The van der Waals surface area contributed by atoms with Gasteiger partial charge < -0.3 is 25.1 Å². The first-order valence-electron chi connectivity index (χ1n) is 13.7. The smallest absolute Gasteiger partial charge is 0.408 e. The fourth-order valence-corrected chi connectivity index (χ4v) is 5.29. The molecular weight excluding hydrogens is 560 g/mol. The minimum Gasteiger partial charge on any atom is -0.445 e. The Bertz CT molecular complexity index is 1100. The number of hydrogen-bond acceptors (Lipinski definition) is 7. The van der Waals surface area contributed by atoms with Gasteiger partial charge in [-0.3, -0.25) is 9.59 Å². The van der Waals surface area contributed by atoms with Crippen molar-refractivity contribution in [3.63, 3.8) is 0 Å². The van der Waals surface area contributed by atoms with Gasteiger partial charge in [-0.1, -0.05) is 55.8 Å². The second-order valence-corrected chi connectivity index (χ2v) is 12.6. The number of benzene rings is 1. The molecule has 0 radical (unpaired) electrons. The normalized spacial score (nSPS) is 15.5. The number of likely N-dealkylation sites (N-methyl/N-ethyl adjacent to an activating group) is 1. The van der Waals surface area contributed by atoms with Gasteiger partial charge in [0, 0.05) is 31.6 Å². The monoisotopic (exact) mass is 600 g/mol. The summed E-state index contributed by atoms with van der Waals surface area (Å²) < 4.78 is 30.8. The number of halogens is 1. The van der Waals surface area contributed by atoms with Crippen LogP contribution >= 0.6 is 11.6 Å². The molecule has 0 heterocycles. The van der Waals surface area contributed by atoms with Gasteiger partial charge >= 0.3 is 6.09 Å². The number of nitrogens with one attached hydrogen (secondary N) is 3. The minimum atomic E-state index is -3.36. The SMILES string of the molecule is CCS(=O)(=O)NCCN(C)C(=O)CC[C@H](C=O)NC(=O)[C@@H](CC1CCCCC1)NC(=O)OCc1cccc(Cl)c1. The highest BCUT2D eigenvalue weighted by Crippen LogP contribution is 2.27. The first kappa shape index (κ1) is 33.5. The third kappa shape index (κ3) is 12.6. The van der Waals surface area contributed by atoms with Gasteiger partial charge in [0.25, 0.3) is 0 Å². The van der Waals surface area contributed by atoms with E-state index in [0.717, 1.165) is 32.1 Å². The minimum absolute atomic E-state index is 0.0172. The Balaban J connectivity index is 1.91. The lowest BCUT2D eigenvalue weighted by molar-refractivity contribution is -0.131. The summed E-state index contributed by atoms with van der Waals surface area (Å²) >= 11 is 5.98. The average molecular weight is 601 g/mol. The van der Waals surface area contributed by atoms with E-state index in [2.05, 4.69) is 15.4 Å². The number of hydrogen-bond donors (Lipinski definition) is 3. The summed E-state index contributed by atoms with van der Waals surface area (Å²) in [5.41, 5.74) is 0.703. The Morgan fingerprint density at radius 3 is 2.55 bits per heavy atom. The lowest BCUT2D eigenvalue weighted by Crippen LogP contribution is -2.51. The number of carbonyl (C=O) groups excluding carboxylic acids is 4. The number of ether oxygens (including phenoxy) is 1. The molecule has 0 spiro atoms. The first-order valence-corrected chi connectivity index (χ1v) is 15.7. The van der Waals surface area contributed by atoms with Crippen molar-refractivity contribution < 1.29 is 32.3 Å². The van der Waals surface area contributed by atoms with Crippen LogP contribution in [-0.4, -0.2) is 75.5 Å². The molecule has 2 rings (SSSR count). The summed E-state index contributed by atoms with van der Waals surface area (Å²) in [5.74, 6) is -0.607. The van der Waals surface area contributed by atoms with Crippen LogP contribution in [-0.2, 0) is 35.8 Å². The van der Waals surface area contributed by atoms with Crippen LogP contribution in [0.3, 0.4) is 0 Å². The van der Waals surface area contributed by atoms with Crippen LogP contribution < -0.4 is 15.4 Å². The molecule has 1 aliphatic rings. The van der Waals surface area contributed by atoms with Crippen molar-refractivity contribution in [1.29, 1.82) is 0 Å². The maximum absolute atomic E-state index is 13.2. The van der Waals surface area contributed by atoms with Gasteiger partial charge in [-0.25, -0.2) is 17.9 Å². The predicted octanol–water partition coefficient (Wildman–Crippen LogP) is 2.77. The van der Waals surface area contributed by atoms with E-state index < -0.39 is 34.1 Å². The predicted molar refractivity (Wildman–Crippen MR) is 152 cm³/mol. The molecule has 0 saturated heterocycles.